The van der Waals surface area contributed by atoms with Crippen molar-refractivity contribution in [2.24, 2.45) is 5.41 Å². The summed E-state index contributed by atoms with van der Waals surface area (Å²) in [5, 5.41) is 4.55. The Morgan fingerprint density at radius 3 is 2.64 bits per heavy atom. The fourth-order valence-corrected chi connectivity index (χ4v) is 4.47. The lowest BCUT2D eigenvalue weighted by molar-refractivity contribution is 0.266. The molecule has 0 amide bonds. The molecular weight excluding hydrogens is 336 g/mol. The van der Waals surface area contributed by atoms with Crippen molar-refractivity contribution in [1.29, 1.82) is 0 Å². The van der Waals surface area contributed by atoms with Gasteiger partial charge in [-0.25, -0.2) is 4.68 Å². The van der Waals surface area contributed by atoms with Gasteiger partial charge in [-0.05, 0) is 30.4 Å². The average molecular weight is 362 g/mol. The van der Waals surface area contributed by atoms with E-state index in [9.17, 15) is 8.42 Å². The van der Waals surface area contributed by atoms with Crippen molar-refractivity contribution in [1.82, 2.24) is 18.8 Å². The van der Waals surface area contributed by atoms with Gasteiger partial charge < -0.3 is 0 Å². The Balaban J connectivity index is 2.01. The summed E-state index contributed by atoms with van der Waals surface area (Å²) in [5.41, 5.74) is 3.02. The van der Waals surface area contributed by atoms with E-state index in [0.29, 0.717) is 6.54 Å². The topological polar surface area (TPSA) is 67.2 Å². The van der Waals surface area contributed by atoms with E-state index in [2.05, 4.69) is 23.7 Å². The van der Waals surface area contributed by atoms with Crippen molar-refractivity contribution in [3.63, 3.8) is 0 Å². The normalized spacial score (nSPS) is 19.8. The zero-order valence-corrected chi connectivity index (χ0v) is 16.0. The molecule has 136 valence electrons. The van der Waals surface area contributed by atoms with Gasteiger partial charge in [-0.1, -0.05) is 39.0 Å². The number of hydrogen-bond donors (Lipinski definition) is 1. The standard InChI is InChI=1S/C18H26N4O2S/c1-5-21(4)25(23,24)20-16-11-18(2,3)12-17-15(16)13-19-22(17)14-9-7-6-8-10-14/h6-10,13,16,20H,5,11-12H2,1-4H3. The van der Waals surface area contributed by atoms with Crippen LogP contribution in [0.25, 0.3) is 5.69 Å². The lowest BCUT2D eigenvalue weighted by Crippen LogP contribution is -2.43. The van der Waals surface area contributed by atoms with Gasteiger partial charge in [0.05, 0.1) is 17.9 Å². The van der Waals surface area contributed by atoms with Crippen molar-refractivity contribution in [3.05, 3.63) is 47.8 Å². The van der Waals surface area contributed by atoms with E-state index in [-0.39, 0.29) is 11.5 Å². The largest absolute Gasteiger partial charge is 0.279 e. The molecule has 25 heavy (non-hydrogen) atoms. The second-order valence-electron chi connectivity index (χ2n) is 7.43. The molecule has 1 aromatic heterocycles. The van der Waals surface area contributed by atoms with Crippen LogP contribution in [-0.4, -0.2) is 36.1 Å². The van der Waals surface area contributed by atoms with Gasteiger partial charge in [0.25, 0.3) is 10.2 Å². The van der Waals surface area contributed by atoms with E-state index >= 15 is 0 Å². The summed E-state index contributed by atoms with van der Waals surface area (Å²) in [6.45, 7) is 6.59. The Bertz CT molecular complexity index is 843. The minimum Gasteiger partial charge on any atom is -0.237 e. The number of nitrogens with zero attached hydrogens (tertiary/aromatic N) is 3. The lowest BCUT2D eigenvalue weighted by atomic mass is 9.74. The fraction of sp³-hybridized carbons (Fsp3) is 0.500. The van der Waals surface area contributed by atoms with Crippen LogP contribution >= 0.6 is 0 Å². The molecule has 1 aromatic carbocycles. The summed E-state index contributed by atoms with van der Waals surface area (Å²) in [4.78, 5) is 0. The van der Waals surface area contributed by atoms with Gasteiger partial charge in [-0.2, -0.15) is 22.5 Å². The van der Waals surface area contributed by atoms with Gasteiger partial charge in [-0.15, -0.1) is 0 Å². The van der Waals surface area contributed by atoms with Gasteiger partial charge in [0.15, 0.2) is 0 Å². The quantitative estimate of drug-likeness (QED) is 0.889. The number of aromatic nitrogens is 2. The van der Waals surface area contributed by atoms with Crippen LogP contribution in [0.3, 0.4) is 0 Å². The van der Waals surface area contributed by atoms with Gasteiger partial charge >= 0.3 is 0 Å². The molecule has 6 nitrogen and oxygen atoms in total. The number of rotatable bonds is 5. The van der Waals surface area contributed by atoms with Crippen LogP contribution < -0.4 is 4.72 Å². The monoisotopic (exact) mass is 362 g/mol. The van der Waals surface area contributed by atoms with Crippen molar-refractivity contribution >= 4 is 10.2 Å². The number of benzene rings is 1. The van der Waals surface area contributed by atoms with Gasteiger partial charge in [0.1, 0.15) is 0 Å². The van der Waals surface area contributed by atoms with Crippen LogP contribution in [0.4, 0.5) is 0 Å². The first-order chi connectivity index (χ1) is 11.7. The molecule has 2 aromatic rings. The predicted molar refractivity (Wildman–Crippen MR) is 98.8 cm³/mol. The van der Waals surface area contributed by atoms with Crippen molar-refractivity contribution in [2.75, 3.05) is 13.6 Å². The molecule has 0 fully saturated rings. The Kier molecular flexibility index (Phi) is 4.74. The molecule has 1 N–H and O–H groups in total. The molecule has 1 unspecified atom stereocenters. The van der Waals surface area contributed by atoms with E-state index < -0.39 is 10.2 Å². The van der Waals surface area contributed by atoms with Gasteiger partial charge in [0.2, 0.25) is 0 Å². The minimum absolute atomic E-state index is 0.0163. The summed E-state index contributed by atoms with van der Waals surface area (Å²) in [7, 11) is -1.92. The van der Waals surface area contributed by atoms with E-state index in [0.717, 1.165) is 29.8 Å². The molecule has 7 heteroatoms. The van der Waals surface area contributed by atoms with E-state index in [4.69, 9.17) is 0 Å². The van der Waals surface area contributed by atoms with Crippen LogP contribution in [0.1, 0.15) is 44.5 Å². The summed E-state index contributed by atoms with van der Waals surface area (Å²) in [6, 6.07) is 9.69. The molecule has 0 radical (unpaired) electrons. The van der Waals surface area contributed by atoms with Crippen molar-refractivity contribution < 1.29 is 8.42 Å². The highest BCUT2D eigenvalue weighted by Gasteiger charge is 2.37. The number of nitrogens with one attached hydrogen (secondary N) is 1. The van der Waals surface area contributed by atoms with Crippen LogP contribution in [0.5, 0.6) is 0 Å². The Morgan fingerprint density at radius 2 is 2.00 bits per heavy atom. The first-order valence-electron chi connectivity index (χ1n) is 8.59. The SMILES string of the molecule is CCN(C)S(=O)(=O)NC1CC(C)(C)Cc2c1cnn2-c1ccccc1. The maximum absolute atomic E-state index is 12.5. The van der Waals surface area contributed by atoms with E-state index in [1.165, 1.54) is 4.31 Å². The Labute approximate surface area is 150 Å². The molecule has 1 atom stereocenters. The first kappa shape index (κ1) is 18.1. The molecule has 0 spiro atoms. The molecule has 1 heterocycles. The molecule has 0 saturated heterocycles. The molecule has 0 saturated carbocycles. The van der Waals surface area contributed by atoms with Crippen LogP contribution in [0, 0.1) is 5.41 Å². The zero-order valence-electron chi connectivity index (χ0n) is 15.2. The summed E-state index contributed by atoms with van der Waals surface area (Å²) in [6.07, 6.45) is 3.41. The second kappa shape index (κ2) is 6.55. The van der Waals surface area contributed by atoms with Crippen LogP contribution in [0.2, 0.25) is 0 Å². The molecular formula is C18H26N4O2S. The average Bonchev–Trinajstić information content (AvgIpc) is 2.97. The summed E-state index contributed by atoms with van der Waals surface area (Å²) in [5.74, 6) is 0. The summed E-state index contributed by atoms with van der Waals surface area (Å²) >= 11 is 0. The number of hydrogen-bond acceptors (Lipinski definition) is 3. The Hall–Kier alpha value is -1.70. The minimum atomic E-state index is -3.51. The Morgan fingerprint density at radius 1 is 1.32 bits per heavy atom. The smallest absolute Gasteiger partial charge is 0.237 e. The van der Waals surface area contributed by atoms with Crippen LogP contribution in [-0.2, 0) is 16.6 Å². The number of para-hydroxylation sites is 1. The zero-order chi connectivity index (χ0) is 18.2. The lowest BCUT2D eigenvalue weighted by Gasteiger charge is -2.36. The third-order valence-electron chi connectivity index (χ3n) is 4.83. The van der Waals surface area contributed by atoms with Gasteiger partial charge in [-0.3, -0.25) is 0 Å². The van der Waals surface area contributed by atoms with Gasteiger partial charge in [0, 0.05) is 24.8 Å². The summed E-state index contributed by atoms with van der Waals surface area (Å²) < 4.78 is 31.2. The molecule has 3 rings (SSSR count). The molecule has 0 bridgehead atoms. The molecule has 1 aliphatic rings. The predicted octanol–water partition coefficient (Wildman–Crippen LogP) is 2.67. The van der Waals surface area contributed by atoms with E-state index in [1.54, 1.807) is 13.2 Å². The maximum atomic E-state index is 12.5. The van der Waals surface area contributed by atoms with Crippen molar-refractivity contribution in [2.45, 2.75) is 39.7 Å². The third-order valence-corrected chi connectivity index (χ3v) is 6.49. The first-order valence-corrected chi connectivity index (χ1v) is 10.0. The van der Waals surface area contributed by atoms with Crippen molar-refractivity contribution in [3.8, 4) is 5.69 Å². The highest BCUT2D eigenvalue weighted by atomic mass is 32.2. The highest BCUT2D eigenvalue weighted by Crippen LogP contribution is 2.41. The van der Waals surface area contributed by atoms with E-state index in [1.807, 2.05) is 41.9 Å². The highest BCUT2D eigenvalue weighted by molar-refractivity contribution is 7.87. The number of fused-ring (bicyclic) bond motifs is 1. The maximum Gasteiger partial charge on any atom is 0.279 e. The second-order valence-corrected chi connectivity index (χ2v) is 9.24. The molecule has 1 aliphatic carbocycles. The van der Waals surface area contributed by atoms with Crippen LogP contribution in [0.15, 0.2) is 36.5 Å². The molecule has 0 aliphatic heterocycles. The fourth-order valence-electron chi connectivity index (χ4n) is 3.38. The third kappa shape index (κ3) is 3.63.